The summed E-state index contributed by atoms with van der Waals surface area (Å²) in [6, 6.07) is 14.2. The lowest BCUT2D eigenvalue weighted by Gasteiger charge is -2.11. The zero-order chi connectivity index (χ0) is 21.1. The molecule has 0 fully saturated rings. The van der Waals surface area contributed by atoms with Crippen molar-refractivity contribution in [3.05, 3.63) is 54.1 Å². The fourth-order valence-electron chi connectivity index (χ4n) is 2.54. The number of carbonyl (C=O) groups is 2. The second-order valence-electron chi connectivity index (χ2n) is 6.77. The highest BCUT2D eigenvalue weighted by Gasteiger charge is 2.07. The molecule has 2 rings (SSSR count). The highest BCUT2D eigenvalue weighted by Crippen LogP contribution is 2.17. The van der Waals surface area contributed by atoms with Crippen LogP contribution in [-0.2, 0) is 9.53 Å². The van der Waals surface area contributed by atoms with Crippen molar-refractivity contribution in [1.29, 1.82) is 0 Å². The van der Waals surface area contributed by atoms with Gasteiger partial charge in [-0.15, -0.1) is 0 Å². The Morgan fingerprint density at radius 2 is 1.62 bits per heavy atom. The Bertz CT molecular complexity index is 774. The molecule has 2 aromatic carbocycles. The predicted octanol–water partition coefficient (Wildman–Crippen LogP) is 3.29. The van der Waals surface area contributed by atoms with Crippen molar-refractivity contribution in [2.75, 3.05) is 37.4 Å². The Balaban J connectivity index is 1.76. The molecule has 2 aromatic rings. The summed E-state index contributed by atoms with van der Waals surface area (Å²) in [5.74, 6) is 0.465. The van der Waals surface area contributed by atoms with Crippen molar-refractivity contribution in [2.45, 2.75) is 26.4 Å². The standard InChI is InChI=1S/C22H29N3O4/c1-16(2)29-20-11-9-18(10-12-20)24-15-21(26)25-19-7-5-17(6-8-19)22(27)23-13-4-14-28-3/h5-12,16,24H,4,13-15H2,1-3H3,(H,23,27)(H,25,26). The van der Waals surface area contributed by atoms with Gasteiger partial charge in [-0.3, -0.25) is 9.59 Å². The van der Waals surface area contributed by atoms with Crippen LogP contribution in [0.15, 0.2) is 48.5 Å². The van der Waals surface area contributed by atoms with E-state index in [0.717, 1.165) is 17.9 Å². The molecule has 0 saturated heterocycles. The van der Waals surface area contributed by atoms with Gasteiger partial charge in [0.25, 0.3) is 5.91 Å². The summed E-state index contributed by atoms with van der Waals surface area (Å²) in [5.41, 5.74) is 2.01. The Hall–Kier alpha value is -3.06. The Kier molecular flexibility index (Phi) is 8.98. The zero-order valence-electron chi connectivity index (χ0n) is 17.2. The Morgan fingerprint density at radius 3 is 2.24 bits per heavy atom. The smallest absolute Gasteiger partial charge is 0.251 e. The third kappa shape index (κ3) is 8.23. The predicted molar refractivity (Wildman–Crippen MR) is 115 cm³/mol. The van der Waals surface area contributed by atoms with Crippen LogP contribution in [0, 0.1) is 0 Å². The van der Waals surface area contributed by atoms with E-state index in [1.54, 1.807) is 31.4 Å². The monoisotopic (exact) mass is 399 g/mol. The second kappa shape index (κ2) is 11.7. The zero-order valence-corrected chi connectivity index (χ0v) is 17.2. The average Bonchev–Trinajstić information content (AvgIpc) is 2.71. The molecule has 2 amide bonds. The Labute approximate surface area is 171 Å². The van der Waals surface area contributed by atoms with Gasteiger partial charge in [0.2, 0.25) is 5.91 Å². The summed E-state index contributed by atoms with van der Waals surface area (Å²) in [6.07, 6.45) is 0.879. The fraction of sp³-hybridized carbons (Fsp3) is 0.364. The third-order valence-electron chi connectivity index (χ3n) is 3.92. The first-order valence-electron chi connectivity index (χ1n) is 9.65. The highest BCUT2D eigenvalue weighted by molar-refractivity contribution is 5.96. The first kappa shape index (κ1) is 22.2. The van der Waals surface area contributed by atoms with Gasteiger partial charge in [-0.1, -0.05) is 0 Å². The molecule has 0 aliphatic carbocycles. The summed E-state index contributed by atoms with van der Waals surface area (Å²) >= 11 is 0. The lowest BCUT2D eigenvalue weighted by molar-refractivity contribution is -0.114. The number of amides is 2. The van der Waals surface area contributed by atoms with Crippen molar-refractivity contribution in [2.24, 2.45) is 0 Å². The van der Waals surface area contributed by atoms with Gasteiger partial charge in [0, 0.05) is 37.2 Å². The molecule has 0 radical (unpaired) electrons. The molecule has 0 aliphatic rings. The summed E-state index contributed by atoms with van der Waals surface area (Å²) in [6.45, 7) is 5.24. The van der Waals surface area contributed by atoms with Crippen LogP contribution in [0.3, 0.4) is 0 Å². The van der Waals surface area contributed by atoms with Crippen molar-refractivity contribution in [3.8, 4) is 5.75 Å². The van der Waals surface area contributed by atoms with E-state index in [2.05, 4.69) is 16.0 Å². The minimum absolute atomic E-state index is 0.118. The van der Waals surface area contributed by atoms with Gasteiger partial charge < -0.3 is 25.4 Å². The lowest BCUT2D eigenvalue weighted by atomic mass is 10.2. The van der Waals surface area contributed by atoms with Gasteiger partial charge in [0.05, 0.1) is 12.6 Å². The highest BCUT2D eigenvalue weighted by atomic mass is 16.5. The maximum Gasteiger partial charge on any atom is 0.251 e. The summed E-state index contributed by atoms with van der Waals surface area (Å²) < 4.78 is 10.5. The molecule has 0 aromatic heterocycles. The minimum atomic E-state index is -0.177. The quantitative estimate of drug-likeness (QED) is 0.505. The largest absolute Gasteiger partial charge is 0.491 e. The molecule has 0 atom stereocenters. The average molecular weight is 399 g/mol. The summed E-state index contributed by atoms with van der Waals surface area (Å²) in [4.78, 5) is 24.2. The molecule has 7 heteroatoms. The summed E-state index contributed by atoms with van der Waals surface area (Å²) in [7, 11) is 1.63. The second-order valence-corrected chi connectivity index (χ2v) is 6.77. The molecular weight excluding hydrogens is 370 g/mol. The van der Waals surface area contributed by atoms with Crippen LogP contribution in [0.2, 0.25) is 0 Å². The molecule has 3 N–H and O–H groups in total. The molecule has 156 valence electrons. The van der Waals surface area contributed by atoms with Gasteiger partial charge in [-0.25, -0.2) is 0 Å². The van der Waals surface area contributed by atoms with Crippen LogP contribution < -0.4 is 20.7 Å². The van der Waals surface area contributed by atoms with Gasteiger partial charge in [0.15, 0.2) is 0 Å². The minimum Gasteiger partial charge on any atom is -0.491 e. The number of ether oxygens (including phenoxy) is 2. The number of hydrogen-bond acceptors (Lipinski definition) is 5. The van der Waals surface area contributed by atoms with Crippen LogP contribution >= 0.6 is 0 Å². The first-order valence-corrected chi connectivity index (χ1v) is 9.65. The van der Waals surface area contributed by atoms with Crippen LogP contribution in [0.5, 0.6) is 5.75 Å². The molecule has 0 saturated carbocycles. The molecule has 0 bridgehead atoms. The van der Waals surface area contributed by atoms with Crippen molar-refractivity contribution < 1.29 is 19.1 Å². The summed E-state index contributed by atoms with van der Waals surface area (Å²) in [5, 5.41) is 8.69. The van der Waals surface area contributed by atoms with Gasteiger partial charge in [0.1, 0.15) is 5.75 Å². The van der Waals surface area contributed by atoms with Crippen molar-refractivity contribution in [3.63, 3.8) is 0 Å². The number of hydrogen-bond donors (Lipinski definition) is 3. The normalized spacial score (nSPS) is 10.5. The van der Waals surface area contributed by atoms with Gasteiger partial charge >= 0.3 is 0 Å². The SMILES string of the molecule is COCCCNC(=O)c1ccc(NC(=O)CNc2ccc(OC(C)C)cc2)cc1. The molecule has 0 unspecified atom stereocenters. The molecule has 0 heterocycles. The Morgan fingerprint density at radius 1 is 0.966 bits per heavy atom. The lowest BCUT2D eigenvalue weighted by Crippen LogP contribution is -2.25. The number of nitrogens with one attached hydrogen (secondary N) is 3. The molecular formula is C22H29N3O4. The van der Waals surface area contributed by atoms with E-state index in [0.29, 0.717) is 24.4 Å². The van der Waals surface area contributed by atoms with Gasteiger partial charge in [-0.05, 0) is 68.8 Å². The fourth-order valence-corrected chi connectivity index (χ4v) is 2.54. The number of rotatable bonds is 11. The number of methoxy groups -OCH3 is 1. The van der Waals surface area contributed by atoms with Crippen LogP contribution in [0.4, 0.5) is 11.4 Å². The van der Waals surface area contributed by atoms with E-state index >= 15 is 0 Å². The van der Waals surface area contributed by atoms with E-state index < -0.39 is 0 Å². The molecule has 29 heavy (non-hydrogen) atoms. The number of benzene rings is 2. The van der Waals surface area contributed by atoms with Gasteiger partial charge in [-0.2, -0.15) is 0 Å². The molecule has 0 spiro atoms. The van der Waals surface area contributed by atoms with E-state index in [1.807, 2.05) is 38.1 Å². The first-order chi connectivity index (χ1) is 14.0. The topological polar surface area (TPSA) is 88.7 Å². The van der Waals surface area contributed by atoms with E-state index in [-0.39, 0.29) is 24.5 Å². The number of anilines is 2. The van der Waals surface area contributed by atoms with Crippen LogP contribution in [0.25, 0.3) is 0 Å². The van der Waals surface area contributed by atoms with Crippen molar-refractivity contribution >= 4 is 23.2 Å². The van der Waals surface area contributed by atoms with E-state index in [1.165, 1.54) is 0 Å². The maximum atomic E-state index is 12.1. The molecule has 0 aliphatic heterocycles. The van der Waals surface area contributed by atoms with E-state index in [9.17, 15) is 9.59 Å². The number of carbonyl (C=O) groups excluding carboxylic acids is 2. The van der Waals surface area contributed by atoms with Crippen LogP contribution in [0.1, 0.15) is 30.6 Å². The van der Waals surface area contributed by atoms with Crippen LogP contribution in [-0.4, -0.2) is 44.7 Å². The maximum absolute atomic E-state index is 12.1. The van der Waals surface area contributed by atoms with E-state index in [4.69, 9.17) is 9.47 Å². The molecule has 7 nitrogen and oxygen atoms in total. The van der Waals surface area contributed by atoms with Crippen molar-refractivity contribution in [1.82, 2.24) is 5.32 Å². The third-order valence-corrected chi connectivity index (χ3v) is 3.92.